The second-order valence-electron chi connectivity index (χ2n) is 5.95. The first-order valence-corrected chi connectivity index (χ1v) is 9.60. The van der Waals surface area contributed by atoms with Crippen LogP contribution >= 0.6 is 22.7 Å². The van der Waals surface area contributed by atoms with Crippen LogP contribution in [-0.2, 0) is 4.79 Å². The van der Waals surface area contributed by atoms with Gasteiger partial charge in [0.15, 0.2) is 9.96 Å². The second kappa shape index (κ2) is 6.26. The second-order valence-corrected chi connectivity index (χ2v) is 8.19. The molecule has 9 heteroatoms. The Morgan fingerprint density at radius 1 is 1.23 bits per heavy atom. The Kier molecular flexibility index (Phi) is 4.04. The predicted octanol–water partition coefficient (Wildman–Crippen LogP) is 3.28. The highest BCUT2D eigenvalue weighted by Gasteiger charge is 2.22. The number of anilines is 1. The van der Waals surface area contributed by atoms with Crippen LogP contribution in [0.3, 0.4) is 0 Å². The zero-order chi connectivity index (χ0) is 18.4. The summed E-state index contributed by atoms with van der Waals surface area (Å²) in [5, 5.41) is 11.9. The topological polar surface area (TPSA) is 89.8 Å². The number of rotatable bonds is 3. The monoisotopic (exact) mass is 385 g/mol. The van der Waals surface area contributed by atoms with Crippen LogP contribution in [-0.4, -0.2) is 25.9 Å². The fraction of sp³-hybridized carbons (Fsp3) is 0.235. The highest BCUT2D eigenvalue weighted by atomic mass is 32.1. The Hall–Kier alpha value is -2.65. The number of nitrogens with one attached hydrogen (secondary N) is 1. The van der Waals surface area contributed by atoms with Crippen LogP contribution in [0, 0.1) is 13.8 Å². The molecular formula is C17H15N5O2S2. The normalized spacial score (nSPS) is 12.6. The zero-order valence-corrected chi connectivity index (χ0v) is 15.9. The third-order valence-electron chi connectivity index (χ3n) is 4.29. The zero-order valence-electron chi connectivity index (χ0n) is 14.3. The summed E-state index contributed by atoms with van der Waals surface area (Å²) >= 11 is 2.82. The van der Waals surface area contributed by atoms with Gasteiger partial charge < -0.3 is 5.32 Å². The van der Waals surface area contributed by atoms with E-state index in [0.717, 1.165) is 25.3 Å². The minimum Gasteiger partial charge on any atom is -0.300 e. The highest BCUT2D eigenvalue weighted by Crippen LogP contribution is 2.27. The summed E-state index contributed by atoms with van der Waals surface area (Å²) in [4.78, 5) is 31.4. The summed E-state index contributed by atoms with van der Waals surface area (Å²) in [5.41, 5.74) is 1.41. The number of benzene rings is 1. The molecule has 7 nitrogen and oxygen atoms in total. The van der Waals surface area contributed by atoms with Crippen molar-refractivity contribution >= 4 is 54.1 Å². The highest BCUT2D eigenvalue weighted by molar-refractivity contribution is 7.22. The molecular weight excluding hydrogens is 370 g/mol. The SMILES string of the molecule is Cc1sc2nnn(C(C)C(=O)Nc3nc4ccccc4s3)c(=O)c2c1C. The van der Waals surface area contributed by atoms with Crippen LogP contribution in [0.1, 0.15) is 23.4 Å². The number of thiophene rings is 1. The summed E-state index contributed by atoms with van der Waals surface area (Å²) in [6.45, 7) is 5.45. The van der Waals surface area contributed by atoms with Gasteiger partial charge in [-0.3, -0.25) is 9.59 Å². The van der Waals surface area contributed by atoms with Gasteiger partial charge in [0, 0.05) is 4.88 Å². The van der Waals surface area contributed by atoms with Gasteiger partial charge in [-0.2, -0.15) is 4.68 Å². The van der Waals surface area contributed by atoms with Crippen LogP contribution in [0.25, 0.3) is 20.4 Å². The Balaban J connectivity index is 1.66. The van der Waals surface area contributed by atoms with Crippen LogP contribution in [0.4, 0.5) is 5.13 Å². The molecule has 3 heterocycles. The van der Waals surface area contributed by atoms with E-state index in [4.69, 9.17) is 0 Å². The molecule has 26 heavy (non-hydrogen) atoms. The van der Waals surface area contributed by atoms with Crippen LogP contribution in [0.15, 0.2) is 29.1 Å². The van der Waals surface area contributed by atoms with E-state index >= 15 is 0 Å². The molecule has 0 aliphatic rings. The van der Waals surface area contributed by atoms with Crippen LogP contribution in [0.5, 0.6) is 0 Å². The molecule has 0 radical (unpaired) electrons. The predicted molar refractivity (Wildman–Crippen MR) is 104 cm³/mol. The van der Waals surface area contributed by atoms with E-state index in [1.807, 2.05) is 38.1 Å². The van der Waals surface area contributed by atoms with Crippen molar-refractivity contribution in [2.45, 2.75) is 26.8 Å². The molecule has 1 unspecified atom stereocenters. The summed E-state index contributed by atoms with van der Waals surface area (Å²) in [6, 6.07) is 6.84. The van der Waals surface area contributed by atoms with Crippen LogP contribution < -0.4 is 10.9 Å². The molecule has 4 rings (SSSR count). The van der Waals surface area contributed by atoms with Crippen molar-refractivity contribution in [2.24, 2.45) is 0 Å². The largest absolute Gasteiger partial charge is 0.300 e. The number of amides is 1. The van der Waals surface area contributed by atoms with Gasteiger partial charge in [-0.15, -0.1) is 16.4 Å². The van der Waals surface area contributed by atoms with E-state index in [9.17, 15) is 9.59 Å². The number of hydrogen-bond acceptors (Lipinski definition) is 7. The van der Waals surface area contributed by atoms with Gasteiger partial charge in [0.25, 0.3) is 11.5 Å². The molecule has 1 N–H and O–H groups in total. The van der Waals surface area contributed by atoms with E-state index in [1.165, 1.54) is 22.7 Å². The summed E-state index contributed by atoms with van der Waals surface area (Å²) in [7, 11) is 0. The lowest BCUT2D eigenvalue weighted by molar-refractivity contribution is -0.119. The standard InChI is InChI=1S/C17H15N5O2S2/c1-8-10(3)25-15-13(8)16(24)22(21-20-15)9(2)14(23)19-17-18-11-6-4-5-7-12(11)26-17/h4-7,9H,1-3H3,(H,18,19,23). The fourth-order valence-electron chi connectivity index (χ4n) is 2.68. The molecule has 3 aromatic heterocycles. The number of para-hydroxylation sites is 1. The van der Waals surface area contributed by atoms with Crippen molar-refractivity contribution in [1.82, 2.24) is 20.0 Å². The number of fused-ring (bicyclic) bond motifs is 2. The van der Waals surface area contributed by atoms with Gasteiger partial charge in [0.1, 0.15) is 6.04 Å². The van der Waals surface area contributed by atoms with E-state index in [2.05, 4.69) is 20.6 Å². The Bertz CT molecular complexity index is 1170. The quantitative estimate of drug-likeness (QED) is 0.584. The molecule has 0 aliphatic heterocycles. The average Bonchev–Trinajstić information content (AvgIpc) is 3.15. The maximum atomic E-state index is 12.8. The first kappa shape index (κ1) is 16.8. The van der Waals surface area contributed by atoms with E-state index in [-0.39, 0.29) is 11.5 Å². The first-order valence-electron chi connectivity index (χ1n) is 7.97. The molecule has 132 valence electrons. The molecule has 1 atom stereocenters. The molecule has 0 spiro atoms. The van der Waals surface area contributed by atoms with Crippen LogP contribution in [0.2, 0.25) is 0 Å². The lowest BCUT2D eigenvalue weighted by atomic mass is 10.2. The van der Waals surface area contributed by atoms with Gasteiger partial charge in [0.2, 0.25) is 0 Å². The van der Waals surface area contributed by atoms with Crippen molar-refractivity contribution < 1.29 is 4.79 Å². The molecule has 0 saturated carbocycles. The number of carbonyl (C=O) groups excluding carboxylic acids is 1. The third kappa shape index (κ3) is 2.69. The van der Waals surface area contributed by atoms with Crippen molar-refractivity contribution in [3.05, 3.63) is 45.1 Å². The van der Waals surface area contributed by atoms with E-state index in [1.54, 1.807) is 6.92 Å². The number of hydrogen-bond donors (Lipinski definition) is 1. The first-order chi connectivity index (χ1) is 12.5. The maximum absolute atomic E-state index is 12.8. The molecule has 0 bridgehead atoms. The summed E-state index contributed by atoms with van der Waals surface area (Å²) < 4.78 is 2.11. The Morgan fingerprint density at radius 2 is 2.00 bits per heavy atom. The summed E-state index contributed by atoms with van der Waals surface area (Å²) in [6.07, 6.45) is 0. The van der Waals surface area contributed by atoms with Gasteiger partial charge in [-0.1, -0.05) is 28.7 Å². The maximum Gasteiger partial charge on any atom is 0.279 e. The number of aryl methyl sites for hydroxylation is 2. The van der Waals surface area contributed by atoms with E-state index in [0.29, 0.717) is 15.3 Å². The van der Waals surface area contributed by atoms with Crippen molar-refractivity contribution in [2.75, 3.05) is 5.32 Å². The van der Waals surface area contributed by atoms with Crippen molar-refractivity contribution in [3.63, 3.8) is 0 Å². The number of thiazole rings is 1. The van der Waals surface area contributed by atoms with Gasteiger partial charge in [-0.05, 0) is 38.5 Å². The molecule has 0 aliphatic carbocycles. The van der Waals surface area contributed by atoms with Gasteiger partial charge in [-0.25, -0.2) is 4.98 Å². The lowest BCUT2D eigenvalue weighted by Crippen LogP contribution is -2.34. The number of nitrogens with zero attached hydrogens (tertiary/aromatic N) is 4. The van der Waals surface area contributed by atoms with Crippen molar-refractivity contribution in [3.8, 4) is 0 Å². The average molecular weight is 385 g/mol. The minimum absolute atomic E-state index is 0.302. The lowest BCUT2D eigenvalue weighted by Gasteiger charge is -2.11. The van der Waals surface area contributed by atoms with E-state index < -0.39 is 6.04 Å². The number of aromatic nitrogens is 4. The summed E-state index contributed by atoms with van der Waals surface area (Å²) in [5.74, 6) is -0.357. The molecule has 0 fully saturated rings. The number of carbonyl (C=O) groups is 1. The minimum atomic E-state index is -0.800. The molecule has 4 aromatic rings. The Morgan fingerprint density at radius 3 is 2.77 bits per heavy atom. The van der Waals surface area contributed by atoms with Gasteiger partial charge >= 0.3 is 0 Å². The fourth-order valence-corrected chi connectivity index (χ4v) is 4.51. The van der Waals surface area contributed by atoms with Crippen molar-refractivity contribution in [1.29, 1.82) is 0 Å². The Labute approximate surface area is 156 Å². The molecule has 1 aromatic carbocycles. The van der Waals surface area contributed by atoms with Gasteiger partial charge in [0.05, 0.1) is 15.6 Å². The molecule has 1 amide bonds. The molecule has 0 saturated heterocycles. The smallest absolute Gasteiger partial charge is 0.279 e. The third-order valence-corrected chi connectivity index (χ3v) is 6.33.